The molecule has 1 aliphatic rings. The van der Waals surface area contributed by atoms with E-state index in [-0.39, 0.29) is 5.91 Å². The number of anilines is 2. The van der Waals surface area contributed by atoms with Gasteiger partial charge in [0.15, 0.2) is 5.65 Å². The van der Waals surface area contributed by atoms with Crippen molar-refractivity contribution in [1.82, 2.24) is 14.6 Å². The minimum atomic E-state index is -1.02. The van der Waals surface area contributed by atoms with Crippen molar-refractivity contribution in [1.29, 1.82) is 0 Å². The van der Waals surface area contributed by atoms with Gasteiger partial charge in [0, 0.05) is 43.3 Å². The van der Waals surface area contributed by atoms with Crippen molar-refractivity contribution in [3.8, 4) is 0 Å². The summed E-state index contributed by atoms with van der Waals surface area (Å²) in [4.78, 5) is 19.7. The normalized spacial score (nSPS) is 16.5. The standard InChI is InChI=1S/C22H28N6O2/c1-15-13-19-24-18(14-20(28(19)26-15)27-11-5-4-6-12-27)25-21(29)16-7-9-17(10-8-16)22(2,30)23-3/h7-10,13-14,23,30H,4-6,11-12H2,1-3H3,(H,24,25,29)/p+1. The lowest BCUT2D eigenvalue weighted by Gasteiger charge is -2.29. The van der Waals surface area contributed by atoms with Crippen molar-refractivity contribution in [3.05, 3.63) is 53.2 Å². The van der Waals surface area contributed by atoms with Gasteiger partial charge in [0.2, 0.25) is 5.72 Å². The molecule has 3 heterocycles. The molecule has 0 bridgehead atoms. The van der Waals surface area contributed by atoms with Crippen LogP contribution in [0.2, 0.25) is 0 Å². The monoisotopic (exact) mass is 409 g/mol. The first-order valence-electron chi connectivity index (χ1n) is 10.4. The highest BCUT2D eigenvalue weighted by atomic mass is 16.3. The van der Waals surface area contributed by atoms with Crippen LogP contribution in [0.5, 0.6) is 0 Å². The van der Waals surface area contributed by atoms with E-state index in [1.54, 1.807) is 43.6 Å². The Hall–Kier alpha value is -2.97. The van der Waals surface area contributed by atoms with Crippen LogP contribution in [0, 0.1) is 6.92 Å². The van der Waals surface area contributed by atoms with E-state index in [0.717, 1.165) is 48.7 Å². The van der Waals surface area contributed by atoms with Crippen LogP contribution in [0.3, 0.4) is 0 Å². The van der Waals surface area contributed by atoms with E-state index in [2.05, 4.69) is 20.3 Å². The fourth-order valence-electron chi connectivity index (χ4n) is 3.80. The molecule has 158 valence electrons. The average Bonchev–Trinajstić information content (AvgIpc) is 3.14. The summed E-state index contributed by atoms with van der Waals surface area (Å²) < 4.78 is 1.86. The van der Waals surface area contributed by atoms with E-state index >= 15 is 0 Å². The molecule has 0 radical (unpaired) electrons. The third-order valence-corrected chi connectivity index (χ3v) is 5.75. The number of aromatic nitrogens is 3. The van der Waals surface area contributed by atoms with Gasteiger partial charge >= 0.3 is 0 Å². The van der Waals surface area contributed by atoms with Gasteiger partial charge in [-0.25, -0.2) is 4.98 Å². The molecule has 4 rings (SSSR count). The first-order chi connectivity index (χ1) is 14.4. The number of amides is 1. The summed E-state index contributed by atoms with van der Waals surface area (Å²) in [6, 6.07) is 10.8. The largest absolute Gasteiger partial charge is 0.356 e. The van der Waals surface area contributed by atoms with Gasteiger partial charge in [0.1, 0.15) is 11.6 Å². The van der Waals surface area contributed by atoms with E-state index in [1.807, 2.05) is 23.6 Å². The van der Waals surface area contributed by atoms with Crippen molar-refractivity contribution in [3.63, 3.8) is 0 Å². The van der Waals surface area contributed by atoms with Crippen LogP contribution >= 0.6 is 0 Å². The fraction of sp³-hybridized carbons (Fsp3) is 0.409. The first-order valence-corrected chi connectivity index (χ1v) is 10.4. The SMILES string of the molecule is C[NH2+]C(C)(O)c1ccc(C(=O)Nc2cc(N3CCCCC3)n3nc(C)cc3n2)cc1. The number of fused-ring (bicyclic) bond motifs is 1. The molecule has 0 saturated carbocycles. The van der Waals surface area contributed by atoms with Gasteiger partial charge in [-0.2, -0.15) is 9.61 Å². The number of aryl methyl sites for hydroxylation is 1. The number of carbonyl (C=O) groups is 1. The molecule has 1 atom stereocenters. The molecule has 8 nitrogen and oxygen atoms in total. The van der Waals surface area contributed by atoms with Crippen molar-refractivity contribution in [2.45, 2.75) is 38.8 Å². The molecule has 8 heteroatoms. The van der Waals surface area contributed by atoms with Crippen LogP contribution in [0.4, 0.5) is 11.6 Å². The molecule has 3 aromatic rings. The van der Waals surface area contributed by atoms with Gasteiger partial charge in [0.25, 0.3) is 5.91 Å². The Morgan fingerprint density at radius 1 is 1.17 bits per heavy atom. The summed E-state index contributed by atoms with van der Waals surface area (Å²) in [6.45, 7) is 5.61. The Balaban J connectivity index is 1.61. The molecule has 1 aliphatic heterocycles. The van der Waals surface area contributed by atoms with Crippen LogP contribution in [0.15, 0.2) is 36.4 Å². The number of piperidine rings is 1. The number of aliphatic hydroxyl groups is 1. The zero-order valence-electron chi connectivity index (χ0n) is 17.7. The number of rotatable bonds is 5. The van der Waals surface area contributed by atoms with Crippen molar-refractivity contribution in [2.24, 2.45) is 0 Å². The highest BCUT2D eigenvalue weighted by Crippen LogP contribution is 2.24. The molecule has 1 unspecified atom stereocenters. The third-order valence-electron chi connectivity index (χ3n) is 5.75. The van der Waals surface area contributed by atoms with Gasteiger partial charge in [-0.15, -0.1) is 0 Å². The van der Waals surface area contributed by atoms with Gasteiger partial charge in [-0.3, -0.25) is 4.79 Å². The summed E-state index contributed by atoms with van der Waals surface area (Å²) in [5, 5.41) is 19.6. The number of nitrogens with zero attached hydrogens (tertiary/aromatic N) is 4. The number of nitrogens with two attached hydrogens (primary N) is 1. The summed E-state index contributed by atoms with van der Waals surface area (Å²) in [7, 11) is 1.81. The number of nitrogens with one attached hydrogen (secondary N) is 1. The Kier molecular flexibility index (Phi) is 5.44. The Labute approximate surface area is 175 Å². The van der Waals surface area contributed by atoms with Crippen LogP contribution in [-0.4, -0.2) is 45.7 Å². The molecular formula is C22H29N6O2+. The maximum absolute atomic E-state index is 12.8. The Morgan fingerprint density at radius 3 is 2.53 bits per heavy atom. The quantitative estimate of drug-likeness (QED) is 0.557. The highest BCUT2D eigenvalue weighted by Gasteiger charge is 2.25. The minimum absolute atomic E-state index is 0.237. The summed E-state index contributed by atoms with van der Waals surface area (Å²) >= 11 is 0. The number of hydrogen-bond donors (Lipinski definition) is 3. The van der Waals surface area contributed by atoms with Gasteiger partial charge in [-0.1, -0.05) is 0 Å². The molecule has 1 fully saturated rings. The molecule has 0 spiro atoms. The molecule has 1 amide bonds. The summed E-state index contributed by atoms with van der Waals surface area (Å²) in [5.41, 5.74) is 1.83. The average molecular weight is 410 g/mol. The summed E-state index contributed by atoms with van der Waals surface area (Å²) in [5.74, 6) is 1.22. The lowest BCUT2D eigenvalue weighted by atomic mass is 10.0. The summed E-state index contributed by atoms with van der Waals surface area (Å²) in [6.07, 6.45) is 3.54. The third kappa shape index (κ3) is 4.01. The molecule has 1 aromatic carbocycles. The second kappa shape index (κ2) is 8.04. The van der Waals surface area contributed by atoms with Crippen molar-refractivity contribution < 1.29 is 15.2 Å². The lowest BCUT2D eigenvalue weighted by Crippen LogP contribution is -2.90. The lowest BCUT2D eigenvalue weighted by molar-refractivity contribution is -0.753. The fourth-order valence-corrected chi connectivity index (χ4v) is 3.80. The second-order valence-corrected chi connectivity index (χ2v) is 8.07. The molecule has 0 aliphatic carbocycles. The van der Waals surface area contributed by atoms with Crippen LogP contribution in [0.25, 0.3) is 5.65 Å². The minimum Gasteiger partial charge on any atom is -0.356 e. The topological polar surface area (TPSA) is 99.4 Å². The number of quaternary nitrogens is 1. The van der Waals surface area contributed by atoms with Gasteiger partial charge in [-0.05, 0) is 50.5 Å². The van der Waals surface area contributed by atoms with E-state index in [1.165, 1.54) is 6.42 Å². The van der Waals surface area contributed by atoms with E-state index < -0.39 is 5.72 Å². The zero-order valence-corrected chi connectivity index (χ0v) is 17.7. The van der Waals surface area contributed by atoms with E-state index in [4.69, 9.17) is 0 Å². The van der Waals surface area contributed by atoms with Crippen molar-refractivity contribution in [2.75, 3.05) is 30.4 Å². The zero-order chi connectivity index (χ0) is 21.3. The molecule has 2 aromatic heterocycles. The molecule has 4 N–H and O–H groups in total. The molecule has 30 heavy (non-hydrogen) atoms. The molecule has 1 saturated heterocycles. The van der Waals surface area contributed by atoms with Gasteiger partial charge in [0.05, 0.1) is 12.7 Å². The van der Waals surface area contributed by atoms with Crippen LogP contribution in [-0.2, 0) is 5.72 Å². The second-order valence-electron chi connectivity index (χ2n) is 8.07. The Morgan fingerprint density at radius 2 is 1.87 bits per heavy atom. The Bertz CT molecular complexity index is 1050. The first kappa shape index (κ1) is 20.3. The predicted octanol–water partition coefficient (Wildman–Crippen LogP) is 1.64. The highest BCUT2D eigenvalue weighted by molar-refractivity contribution is 6.04. The number of benzene rings is 1. The predicted molar refractivity (Wildman–Crippen MR) is 116 cm³/mol. The van der Waals surface area contributed by atoms with Crippen LogP contribution < -0.4 is 15.5 Å². The maximum Gasteiger partial charge on any atom is 0.256 e. The van der Waals surface area contributed by atoms with E-state index in [0.29, 0.717) is 11.4 Å². The maximum atomic E-state index is 12.8. The van der Waals surface area contributed by atoms with E-state index in [9.17, 15) is 9.90 Å². The smallest absolute Gasteiger partial charge is 0.256 e. The van der Waals surface area contributed by atoms with Crippen LogP contribution in [0.1, 0.15) is 47.8 Å². The van der Waals surface area contributed by atoms with Crippen molar-refractivity contribution >= 4 is 23.2 Å². The van der Waals surface area contributed by atoms with Gasteiger partial charge < -0.3 is 20.6 Å². The molecular weight excluding hydrogens is 380 g/mol. The number of carbonyl (C=O) groups excluding carboxylic acids is 1. The number of hydrogen-bond acceptors (Lipinski definition) is 5.